The van der Waals surface area contributed by atoms with Crippen LogP contribution in [0.25, 0.3) is 5.69 Å². The molecule has 0 amide bonds. The summed E-state index contributed by atoms with van der Waals surface area (Å²) < 4.78 is 1.76. The average Bonchev–Trinajstić information content (AvgIpc) is 3.00. The highest BCUT2D eigenvalue weighted by Gasteiger charge is 2.20. The number of halogens is 1. The van der Waals surface area contributed by atoms with Gasteiger partial charge in [0.25, 0.3) is 0 Å². The third-order valence-corrected chi connectivity index (χ3v) is 3.10. The Balaban J connectivity index is 1.89. The lowest BCUT2D eigenvalue weighted by Crippen LogP contribution is -2.17. The second-order valence-electron chi connectivity index (χ2n) is 4.27. The summed E-state index contributed by atoms with van der Waals surface area (Å²) in [5.74, 6) is 0. The fourth-order valence-electron chi connectivity index (χ4n) is 1.79. The van der Waals surface area contributed by atoms with Crippen LogP contribution in [-0.2, 0) is 6.54 Å². The van der Waals surface area contributed by atoms with Crippen LogP contribution < -0.4 is 5.32 Å². The van der Waals surface area contributed by atoms with Gasteiger partial charge in [-0.05, 0) is 36.6 Å². The molecule has 2 aromatic rings. The van der Waals surface area contributed by atoms with E-state index in [9.17, 15) is 0 Å². The fraction of sp³-hybridized carbons (Fsp3) is 0.333. The van der Waals surface area contributed by atoms with Gasteiger partial charge in [-0.15, -0.1) is 0 Å². The van der Waals surface area contributed by atoms with Crippen molar-refractivity contribution < 1.29 is 0 Å². The number of hydrogen-bond donors (Lipinski definition) is 1. The Morgan fingerprint density at radius 2 is 2.29 bits per heavy atom. The van der Waals surface area contributed by atoms with Crippen LogP contribution >= 0.6 is 11.6 Å². The Bertz CT molecular complexity index is 505. The van der Waals surface area contributed by atoms with Crippen molar-refractivity contribution in [2.75, 3.05) is 0 Å². The van der Waals surface area contributed by atoms with E-state index in [1.165, 1.54) is 19.2 Å². The van der Waals surface area contributed by atoms with Gasteiger partial charge in [0.1, 0.15) is 12.7 Å². The summed E-state index contributed by atoms with van der Waals surface area (Å²) in [6, 6.07) is 6.51. The van der Waals surface area contributed by atoms with E-state index in [0.717, 1.165) is 22.8 Å². The molecule has 0 aliphatic heterocycles. The van der Waals surface area contributed by atoms with Crippen molar-refractivity contribution >= 4 is 11.6 Å². The Labute approximate surface area is 105 Å². The molecular weight excluding hydrogens is 236 g/mol. The molecule has 0 bridgehead atoms. The van der Waals surface area contributed by atoms with Gasteiger partial charge in [0.05, 0.1) is 5.69 Å². The van der Waals surface area contributed by atoms with Crippen LogP contribution in [0.15, 0.2) is 30.9 Å². The summed E-state index contributed by atoms with van der Waals surface area (Å²) in [6.45, 7) is 0.820. The maximum atomic E-state index is 6.04. The van der Waals surface area contributed by atoms with E-state index in [4.69, 9.17) is 11.6 Å². The second kappa shape index (κ2) is 4.47. The van der Waals surface area contributed by atoms with Crippen molar-refractivity contribution in [2.45, 2.75) is 25.4 Å². The van der Waals surface area contributed by atoms with Crippen molar-refractivity contribution in [1.82, 2.24) is 20.1 Å². The van der Waals surface area contributed by atoms with Crippen LogP contribution in [0.1, 0.15) is 18.4 Å². The summed E-state index contributed by atoms with van der Waals surface area (Å²) >= 11 is 6.04. The Morgan fingerprint density at radius 3 is 3.00 bits per heavy atom. The minimum atomic E-state index is 0.678. The van der Waals surface area contributed by atoms with Gasteiger partial charge in [0.15, 0.2) is 0 Å². The molecule has 1 aliphatic rings. The molecule has 1 aromatic heterocycles. The first-order chi connectivity index (χ1) is 8.33. The first-order valence-electron chi connectivity index (χ1n) is 5.70. The lowest BCUT2D eigenvalue weighted by molar-refractivity contribution is 0.681. The first kappa shape index (κ1) is 10.7. The fourth-order valence-corrected chi connectivity index (χ4v) is 1.99. The second-order valence-corrected chi connectivity index (χ2v) is 4.70. The standard InChI is InChI=1S/C12H13ClN4/c13-10-1-4-12(17-8-14-7-16-17)9(5-10)6-15-11-2-3-11/h1,4-5,7-8,11,15H,2-3,6H2. The molecule has 17 heavy (non-hydrogen) atoms. The molecule has 1 fully saturated rings. The number of nitrogens with one attached hydrogen (secondary N) is 1. The smallest absolute Gasteiger partial charge is 0.138 e. The predicted octanol–water partition coefficient (Wildman–Crippen LogP) is 2.17. The number of nitrogens with zero attached hydrogens (tertiary/aromatic N) is 3. The zero-order chi connectivity index (χ0) is 11.7. The van der Waals surface area contributed by atoms with E-state index in [-0.39, 0.29) is 0 Å². The minimum absolute atomic E-state index is 0.678. The van der Waals surface area contributed by atoms with Crippen LogP contribution in [0, 0.1) is 0 Å². The Kier molecular flexibility index (Phi) is 2.82. The van der Waals surface area contributed by atoms with Crippen molar-refractivity contribution in [1.29, 1.82) is 0 Å². The lowest BCUT2D eigenvalue weighted by atomic mass is 10.1. The highest BCUT2D eigenvalue weighted by Crippen LogP contribution is 2.22. The van der Waals surface area contributed by atoms with E-state index >= 15 is 0 Å². The quantitative estimate of drug-likeness (QED) is 0.902. The van der Waals surface area contributed by atoms with Gasteiger partial charge in [-0.2, -0.15) is 5.10 Å². The van der Waals surface area contributed by atoms with E-state index in [2.05, 4.69) is 15.4 Å². The molecular formula is C12H13ClN4. The van der Waals surface area contributed by atoms with Crippen LogP contribution in [0.2, 0.25) is 5.02 Å². The summed E-state index contributed by atoms with van der Waals surface area (Å²) in [6.07, 6.45) is 5.79. The molecule has 88 valence electrons. The normalized spacial score (nSPS) is 15.1. The maximum absolute atomic E-state index is 6.04. The van der Waals surface area contributed by atoms with Gasteiger partial charge >= 0.3 is 0 Å². The van der Waals surface area contributed by atoms with Crippen molar-refractivity contribution in [3.8, 4) is 5.69 Å². The Morgan fingerprint density at radius 1 is 1.41 bits per heavy atom. The van der Waals surface area contributed by atoms with Crippen molar-refractivity contribution in [3.63, 3.8) is 0 Å². The third-order valence-electron chi connectivity index (χ3n) is 2.87. The number of benzene rings is 1. The summed E-state index contributed by atoms with van der Waals surface area (Å²) in [5, 5.41) is 8.39. The van der Waals surface area contributed by atoms with Crippen LogP contribution in [0.4, 0.5) is 0 Å². The number of rotatable bonds is 4. The predicted molar refractivity (Wildman–Crippen MR) is 66.2 cm³/mol. The van der Waals surface area contributed by atoms with Gasteiger partial charge in [0.2, 0.25) is 0 Å². The van der Waals surface area contributed by atoms with Gasteiger partial charge in [-0.1, -0.05) is 11.6 Å². The molecule has 0 unspecified atom stereocenters. The van der Waals surface area contributed by atoms with E-state index in [1.807, 2.05) is 18.2 Å². The Hall–Kier alpha value is -1.39. The van der Waals surface area contributed by atoms with Crippen molar-refractivity contribution in [3.05, 3.63) is 41.4 Å². The molecule has 1 N–H and O–H groups in total. The van der Waals surface area contributed by atoms with Crippen LogP contribution in [-0.4, -0.2) is 20.8 Å². The van der Waals surface area contributed by atoms with Crippen LogP contribution in [0.5, 0.6) is 0 Å². The topological polar surface area (TPSA) is 42.7 Å². The summed E-state index contributed by atoms with van der Waals surface area (Å²) in [4.78, 5) is 3.97. The number of hydrogen-bond acceptors (Lipinski definition) is 3. The molecule has 0 atom stereocenters. The minimum Gasteiger partial charge on any atom is -0.310 e. The molecule has 5 heteroatoms. The largest absolute Gasteiger partial charge is 0.310 e. The molecule has 1 aliphatic carbocycles. The first-order valence-corrected chi connectivity index (χ1v) is 6.07. The molecule has 1 heterocycles. The zero-order valence-electron chi connectivity index (χ0n) is 9.31. The van der Waals surface area contributed by atoms with Gasteiger partial charge in [-0.3, -0.25) is 0 Å². The van der Waals surface area contributed by atoms with Gasteiger partial charge in [-0.25, -0.2) is 9.67 Å². The molecule has 4 nitrogen and oxygen atoms in total. The molecule has 0 radical (unpaired) electrons. The molecule has 1 aromatic carbocycles. The molecule has 0 spiro atoms. The SMILES string of the molecule is Clc1ccc(-n2cncn2)c(CNC2CC2)c1. The maximum Gasteiger partial charge on any atom is 0.138 e. The monoisotopic (exact) mass is 248 g/mol. The highest BCUT2D eigenvalue weighted by atomic mass is 35.5. The molecule has 3 rings (SSSR count). The van der Waals surface area contributed by atoms with Crippen LogP contribution in [0.3, 0.4) is 0 Å². The van der Waals surface area contributed by atoms with E-state index in [0.29, 0.717) is 6.04 Å². The number of aromatic nitrogens is 3. The van der Waals surface area contributed by atoms with Gasteiger partial charge in [0, 0.05) is 17.6 Å². The summed E-state index contributed by atoms with van der Waals surface area (Å²) in [5.41, 5.74) is 2.18. The molecule has 0 saturated heterocycles. The summed E-state index contributed by atoms with van der Waals surface area (Å²) in [7, 11) is 0. The lowest BCUT2D eigenvalue weighted by Gasteiger charge is -2.10. The van der Waals surface area contributed by atoms with E-state index < -0.39 is 0 Å². The average molecular weight is 249 g/mol. The molecule has 1 saturated carbocycles. The van der Waals surface area contributed by atoms with Gasteiger partial charge < -0.3 is 5.32 Å². The highest BCUT2D eigenvalue weighted by molar-refractivity contribution is 6.30. The van der Waals surface area contributed by atoms with E-state index in [1.54, 1.807) is 11.0 Å². The van der Waals surface area contributed by atoms with Crippen molar-refractivity contribution in [2.24, 2.45) is 0 Å². The third kappa shape index (κ3) is 2.48. The zero-order valence-corrected chi connectivity index (χ0v) is 10.1.